The van der Waals surface area contributed by atoms with E-state index in [1.807, 2.05) is 11.8 Å². The molecule has 2 aliphatic heterocycles. The lowest BCUT2D eigenvalue weighted by atomic mass is 9.78. The molecule has 0 fully saturated rings. The number of benzene rings is 4. The third-order valence-corrected chi connectivity index (χ3v) is 9.17. The van der Waals surface area contributed by atoms with Crippen LogP contribution in [0.4, 0.5) is 5.69 Å². The lowest BCUT2D eigenvalue weighted by molar-refractivity contribution is 0.556. The zero-order chi connectivity index (χ0) is 24.8. The van der Waals surface area contributed by atoms with Crippen molar-refractivity contribution < 1.29 is 0 Å². The molecular formula is C34H35NS. The second-order valence-electron chi connectivity index (χ2n) is 11.0. The van der Waals surface area contributed by atoms with Gasteiger partial charge < -0.3 is 5.32 Å². The fourth-order valence-electron chi connectivity index (χ4n) is 6.34. The highest BCUT2D eigenvalue weighted by molar-refractivity contribution is 7.98. The van der Waals surface area contributed by atoms with E-state index in [9.17, 15) is 0 Å². The van der Waals surface area contributed by atoms with E-state index in [2.05, 4.69) is 118 Å². The van der Waals surface area contributed by atoms with Crippen molar-refractivity contribution >= 4 is 17.4 Å². The van der Waals surface area contributed by atoms with E-state index in [0.717, 1.165) is 12.3 Å². The van der Waals surface area contributed by atoms with Gasteiger partial charge in [0.05, 0.1) is 0 Å². The van der Waals surface area contributed by atoms with Crippen molar-refractivity contribution in [3.8, 4) is 11.1 Å². The zero-order valence-corrected chi connectivity index (χ0v) is 22.5. The van der Waals surface area contributed by atoms with Crippen LogP contribution in [-0.4, -0.2) is 0 Å². The average molecular weight is 490 g/mol. The topological polar surface area (TPSA) is 12.0 Å². The third kappa shape index (κ3) is 4.06. The second kappa shape index (κ2) is 9.48. The summed E-state index contributed by atoms with van der Waals surface area (Å²) in [5, 5.41) is 3.73. The van der Waals surface area contributed by atoms with E-state index in [0.29, 0.717) is 23.7 Å². The minimum absolute atomic E-state index is 0.388. The van der Waals surface area contributed by atoms with Gasteiger partial charge in [-0.1, -0.05) is 94.4 Å². The van der Waals surface area contributed by atoms with Gasteiger partial charge in [0.15, 0.2) is 0 Å². The maximum Gasteiger partial charge on any atom is 0.0403 e. The zero-order valence-electron chi connectivity index (χ0n) is 21.7. The number of thioether (sulfide) groups is 1. The van der Waals surface area contributed by atoms with Crippen molar-refractivity contribution in [2.75, 3.05) is 5.32 Å². The number of fused-ring (bicyclic) bond motifs is 4. The van der Waals surface area contributed by atoms with Crippen LogP contribution in [0, 0.1) is 11.8 Å². The largest absolute Gasteiger partial charge is 0.381 e. The van der Waals surface area contributed by atoms with E-state index in [1.165, 1.54) is 55.1 Å². The third-order valence-electron chi connectivity index (χ3n) is 8.03. The van der Waals surface area contributed by atoms with Crippen molar-refractivity contribution in [3.63, 3.8) is 0 Å². The number of nitrogens with one attached hydrogen (secondary N) is 1. The molecule has 182 valence electrons. The average Bonchev–Trinajstić information content (AvgIpc) is 3.15. The highest BCUT2D eigenvalue weighted by Crippen LogP contribution is 2.46. The molecule has 2 aliphatic rings. The maximum atomic E-state index is 3.73. The van der Waals surface area contributed by atoms with Crippen LogP contribution < -0.4 is 5.32 Å². The Labute approximate surface area is 220 Å². The first kappa shape index (κ1) is 23.4. The fourth-order valence-corrected chi connectivity index (χ4v) is 7.45. The Bertz CT molecular complexity index is 1310. The summed E-state index contributed by atoms with van der Waals surface area (Å²) in [4.78, 5) is 1.43. The van der Waals surface area contributed by atoms with Crippen molar-refractivity contribution in [1.29, 1.82) is 0 Å². The molecule has 1 N–H and O–H groups in total. The summed E-state index contributed by atoms with van der Waals surface area (Å²) in [6, 6.07) is 32.3. The Balaban J connectivity index is 1.47. The molecule has 2 unspecified atom stereocenters. The molecule has 0 radical (unpaired) electrons. The van der Waals surface area contributed by atoms with Crippen LogP contribution in [0.15, 0.2) is 89.8 Å². The summed E-state index contributed by atoms with van der Waals surface area (Å²) in [7, 11) is 0. The van der Waals surface area contributed by atoms with Crippen LogP contribution >= 0.6 is 11.8 Å². The second-order valence-corrected chi connectivity index (χ2v) is 12.1. The highest BCUT2D eigenvalue weighted by Gasteiger charge is 2.28. The standard InChI is InChI=1S/C34H35NS/c1-21(2)33-27-10-6-5-9-25(27)19-35-31-16-15-24(18-30(31)33)23-13-14-26-20-36-32-12-8-7-11-28(32)34(22(3)4)29(26)17-23/h5-18,21-22,33-35H,19-20H2,1-4H3. The van der Waals surface area contributed by atoms with Crippen molar-refractivity contribution in [1.82, 2.24) is 0 Å². The van der Waals surface area contributed by atoms with Gasteiger partial charge in [-0.2, -0.15) is 0 Å². The molecule has 2 heteroatoms. The Morgan fingerprint density at radius 2 is 1.28 bits per heavy atom. The molecular weight excluding hydrogens is 454 g/mol. The van der Waals surface area contributed by atoms with Crippen molar-refractivity contribution in [3.05, 3.63) is 118 Å². The molecule has 0 saturated carbocycles. The van der Waals surface area contributed by atoms with Gasteiger partial charge in [-0.05, 0) is 74.5 Å². The predicted molar refractivity (Wildman–Crippen MR) is 155 cm³/mol. The summed E-state index contributed by atoms with van der Waals surface area (Å²) >= 11 is 1.98. The van der Waals surface area contributed by atoms with E-state index in [4.69, 9.17) is 0 Å². The first-order chi connectivity index (χ1) is 17.5. The van der Waals surface area contributed by atoms with Crippen molar-refractivity contribution in [2.45, 2.75) is 56.7 Å². The molecule has 0 spiro atoms. The smallest absolute Gasteiger partial charge is 0.0403 e. The lowest BCUT2D eigenvalue weighted by Crippen LogP contribution is -2.11. The van der Waals surface area contributed by atoms with Gasteiger partial charge in [-0.15, -0.1) is 11.8 Å². The normalized spacial score (nSPS) is 18.4. The van der Waals surface area contributed by atoms with Gasteiger partial charge in [0.25, 0.3) is 0 Å². The van der Waals surface area contributed by atoms with Crippen molar-refractivity contribution in [2.24, 2.45) is 11.8 Å². The quantitative estimate of drug-likeness (QED) is 0.307. The molecule has 0 bridgehead atoms. The molecule has 36 heavy (non-hydrogen) atoms. The predicted octanol–water partition coefficient (Wildman–Crippen LogP) is 9.46. The van der Waals surface area contributed by atoms with Crippen LogP contribution in [0.5, 0.6) is 0 Å². The fraction of sp³-hybridized carbons (Fsp3) is 0.294. The first-order valence-corrected chi connectivity index (χ1v) is 14.3. The Kier molecular flexibility index (Phi) is 6.17. The summed E-state index contributed by atoms with van der Waals surface area (Å²) in [5.41, 5.74) is 12.7. The molecule has 0 saturated heterocycles. The van der Waals surface area contributed by atoms with E-state index < -0.39 is 0 Å². The first-order valence-electron chi connectivity index (χ1n) is 13.3. The number of hydrogen-bond donors (Lipinski definition) is 1. The minimum Gasteiger partial charge on any atom is -0.381 e. The Morgan fingerprint density at radius 1 is 0.639 bits per heavy atom. The van der Waals surface area contributed by atoms with Crippen LogP contribution in [0.3, 0.4) is 0 Å². The highest BCUT2D eigenvalue weighted by atomic mass is 32.2. The summed E-state index contributed by atoms with van der Waals surface area (Å²) in [6.07, 6.45) is 0. The van der Waals surface area contributed by atoms with Gasteiger partial charge in [0.2, 0.25) is 0 Å². The molecule has 0 aliphatic carbocycles. The molecule has 6 rings (SSSR count). The van der Waals surface area contributed by atoms with Crippen LogP contribution in [0.1, 0.15) is 72.9 Å². The molecule has 1 nitrogen and oxygen atoms in total. The minimum atomic E-state index is 0.388. The van der Waals surface area contributed by atoms with Gasteiger partial charge in [0, 0.05) is 34.7 Å². The number of rotatable bonds is 3. The van der Waals surface area contributed by atoms with E-state index in [1.54, 1.807) is 0 Å². The Morgan fingerprint density at radius 3 is 2.06 bits per heavy atom. The van der Waals surface area contributed by atoms with Gasteiger partial charge in [-0.25, -0.2) is 0 Å². The van der Waals surface area contributed by atoms with Gasteiger partial charge >= 0.3 is 0 Å². The van der Waals surface area contributed by atoms with Crippen LogP contribution in [-0.2, 0) is 12.3 Å². The summed E-state index contributed by atoms with van der Waals surface area (Å²) < 4.78 is 0. The number of anilines is 1. The maximum absolute atomic E-state index is 3.73. The number of hydrogen-bond acceptors (Lipinski definition) is 2. The van der Waals surface area contributed by atoms with E-state index in [-0.39, 0.29) is 0 Å². The summed E-state index contributed by atoms with van der Waals surface area (Å²) in [5.74, 6) is 2.90. The molecule has 0 aromatic heterocycles. The SMILES string of the molecule is CC(C)C1c2ccccc2CNc2ccc(-c3ccc4c(c3)C(C(C)C)c3ccccc3SC4)cc21. The monoisotopic (exact) mass is 489 g/mol. The van der Waals surface area contributed by atoms with Gasteiger partial charge in [-0.3, -0.25) is 0 Å². The molecule has 2 heterocycles. The van der Waals surface area contributed by atoms with Crippen LogP contribution in [0.2, 0.25) is 0 Å². The molecule has 4 aromatic carbocycles. The van der Waals surface area contributed by atoms with E-state index >= 15 is 0 Å². The molecule has 2 atom stereocenters. The lowest BCUT2D eigenvalue weighted by Gasteiger charge is -2.25. The summed E-state index contributed by atoms with van der Waals surface area (Å²) in [6.45, 7) is 10.3. The van der Waals surface area contributed by atoms with Gasteiger partial charge in [0.1, 0.15) is 0 Å². The Hall–Kier alpha value is -2.97. The molecule has 4 aromatic rings. The molecule has 0 amide bonds. The van der Waals surface area contributed by atoms with Crippen LogP contribution in [0.25, 0.3) is 11.1 Å².